The Morgan fingerprint density at radius 3 is 2.90 bits per heavy atom. The first kappa shape index (κ1) is 14.5. The number of thioether (sulfide) groups is 1. The van der Waals surface area contributed by atoms with E-state index >= 15 is 0 Å². The van der Waals surface area contributed by atoms with E-state index in [-0.39, 0.29) is 17.7 Å². The summed E-state index contributed by atoms with van der Waals surface area (Å²) in [6.07, 6.45) is 2.01. The SMILES string of the molecule is O=C(NC1CCSCC1)c1cc(-c2cccc(Cl)c2)no1. The van der Waals surface area contributed by atoms with Gasteiger partial charge in [-0.25, -0.2) is 0 Å². The van der Waals surface area contributed by atoms with E-state index in [9.17, 15) is 4.79 Å². The van der Waals surface area contributed by atoms with Crippen LogP contribution < -0.4 is 5.32 Å². The average molecular weight is 323 g/mol. The predicted octanol–water partition coefficient (Wildman–Crippen LogP) is 3.62. The van der Waals surface area contributed by atoms with Crippen LogP contribution >= 0.6 is 23.4 Å². The second kappa shape index (κ2) is 6.54. The van der Waals surface area contributed by atoms with Gasteiger partial charge in [0.15, 0.2) is 0 Å². The summed E-state index contributed by atoms with van der Waals surface area (Å²) in [5.41, 5.74) is 1.45. The molecule has 3 rings (SSSR count). The fourth-order valence-electron chi connectivity index (χ4n) is 2.26. The van der Waals surface area contributed by atoms with Gasteiger partial charge in [-0.1, -0.05) is 28.9 Å². The van der Waals surface area contributed by atoms with E-state index < -0.39 is 0 Å². The van der Waals surface area contributed by atoms with Gasteiger partial charge >= 0.3 is 0 Å². The molecule has 1 aromatic carbocycles. The molecule has 4 nitrogen and oxygen atoms in total. The largest absolute Gasteiger partial charge is 0.350 e. The van der Waals surface area contributed by atoms with Crippen LogP contribution in [0.25, 0.3) is 11.3 Å². The normalized spacial score (nSPS) is 15.9. The molecule has 1 saturated heterocycles. The van der Waals surface area contributed by atoms with E-state index in [0.717, 1.165) is 29.9 Å². The fourth-order valence-corrected chi connectivity index (χ4v) is 3.56. The molecule has 110 valence electrons. The van der Waals surface area contributed by atoms with Gasteiger partial charge in [0.25, 0.3) is 5.91 Å². The predicted molar refractivity (Wildman–Crippen MR) is 84.8 cm³/mol. The van der Waals surface area contributed by atoms with Gasteiger partial charge in [0, 0.05) is 22.7 Å². The maximum atomic E-state index is 12.1. The highest BCUT2D eigenvalue weighted by Gasteiger charge is 2.20. The Bertz CT molecular complexity index is 638. The van der Waals surface area contributed by atoms with Gasteiger partial charge in [-0.05, 0) is 36.5 Å². The first-order valence-electron chi connectivity index (χ1n) is 6.83. The monoisotopic (exact) mass is 322 g/mol. The lowest BCUT2D eigenvalue weighted by molar-refractivity contribution is 0.0897. The van der Waals surface area contributed by atoms with Crippen molar-refractivity contribution in [1.29, 1.82) is 0 Å². The third-order valence-corrected chi connectivity index (χ3v) is 4.69. The number of carbonyl (C=O) groups excluding carboxylic acids is 1. The minimum absolute atomic E-state index is 0.201. The second-order valence-electron chi connectivity index (χ2n) is 4.95. The lowest BCUT2D eigenvalue weighted by Gasteiger charge is -2.21. The Hall–Kier alpha value is -1.46. The van der Waals surface area contributed by atoms with E-state index in [1.165, 1.54) is 0 Å². The molecule has 1 amide bonds. The molecule has 2 heterocycles. The number of rotatable bonds is 3. The van der Waals surface area contributed by atoms with E-state index in [1.807, 2.05) is 23.9 Å². The van der Waals surface area contributed by atoms with E-state index in [0.29, 0.717) is 10.7 Å². The van der Waals surface area contributed by atoms with Crippen molar-refractivity contribution in [3.8, 4) is 11.3 Å². The number of carbonyl (C=O) groups is 1. The van der Waals surface area contributed by atoms with Gasteiger partial charge in [-0.3, -0.25) is 4.79 Å². The van der Waals surface area contributed by atoms with E-state index in [1.54, 1.807) is 18.2 Å². The molecule has 1 aliphatic heterocycles. The minimum Gasteiger partial charge on any atom is -0.350 e. The number of nitrogens with one attached hydrogen (secondary N) is 1. The van der Waals surface area contributed by atoms with Crippen molar-refractivity contribution in [3.05, 3.63) is 41.1 Å². The van der Waals surface area contributed by atoms with Crippen molar-refractivity contribution in [2.45, 2.75) is 18.9 Å². The number of aromatic nitrogens is 1. The van der Waals surface area contributed by atoms with Gasteiger partial charge in [-0.2, -0.15) is 11.8 Å². The zero-order valence-electron chi connectivity index (χ0n) is 11.3. The van der Waals surface area contributed by atoms with Gasteiger partial charge in [0.05, 0.1) is 0 Å². The molecule has 0 aliphatic carbocycles. The van der Waals surface area contributed by atoms with Crippen LogP contribution in [0.2, 0.25) is 5.02 Å². The highest BCUT2D eigenvalue weighted by molar-refractivity contribution is 7.99. The van der Waals surface area contributed by atoms with Crippen molar-refractivity contribution in [2.75, 3.05) is 11.5 Å². The fraction of sp³-hybridized carbons (Fsp3) is 0.333. The van der Waals surface area contributed by atoms with Crippen molar-refractivity contribution < 1.29 is 9.32 Å². The number of benzene rings is 1. The summed E-state index contributed by atoms with van der Waals surface area (Å²) in [4.78, 5) is 12.1. The first-order chi connectivity index (χ1) is 10.2. The quantitative estimate of drug-likeness (QED) is 0.937. The molecule has 0 saturated carbocycles. The zero-order chi connectivity index (χ0) is 14.7. The van der Waals surface area contributed by atoms with Crippen LogP contribution in [0.4, 0.5) is 0 Å². The summed E-state index contributed by atoms with van der Waals surface area (Å²) < 4.78 is 5.15. The van der Waals surface area contributed by atoms with Crippen LogP contribution in [0.3, 0.4) is 0 Å². The number of nitrogens with zero attached hydrogens (tertiary/aromatic N) is 1. The molecule has 21 heavy (non-hydrogen) atoms. The Morgan fingerprint density at radius 2 is 2.14 bits per heavy atom. The minimum atomic E-state index is -0.201. The highest BCUT2D eigenvalue weighted by atomic mass is 35.5. The molecule has 0 bridgehead atoms. The van der Waals surface area contributed by atoms with Crippen LogP contribution in [0.1, 0.15) is 23.4 Å². The molecule has 1 N–H and O–H groups in total. The van der Waals surface area contributed by atoms with Crippen LogP contribution in [0.5, 0.6) is 0 Å². The van der Waals surface area contributed by atoms with E-state index in [4.69, 9.17) is 16.1 Å². The summed E-state index contributed by atoms with van der Waals surface area (Å²) in [6.45, 7) is 0. The van der Waals surface area contributed by atoms with Crippen LogP contribution in [-0.2, 0) is 0 Å². The Morgan fingerprint density at radius 1 is 1.33 bits per heavy atom. The zero-order valence-corrected chi connectivity index (χ0v) is 12.9. The molecule has 0 spiro atoms. The number of hydrogen-bond acceptors (Lipinski definition) is 4. The smallest absolute Gasteiger partial charge is 0.290 e. The third-order valence-electron chi connectivity index (χ3n) is 3.41. The first-order valence-corrected chi connectivity index (χ1v) is 8.37. The number of hydrogen-bond donors (Lipinski definition) is 1. The van der Waals surface area contributed by atoms with Crippen molar-refractivity contribution >= 4 is 29.3 Å². The van der Waals surface area contributed by atoms with Gasteiger partial charge in [0.2, 0.25) is 5.76 Å². The summed E-state index contributed by atoms with van der Waals surface area (Å²) >= 11 is 7.88. The standard InChI is InChI=1S/C15H15ClN2O2S/c16-11-3-1-2-10(8-11)13-9-14(20-18-13)15(19)17-12-4-6-21-7-5-12/h1-3,8-9,12H,4-7H2,(H,17,19). The van der Waals surface area contributed by atoms with Crippen LogP contribution in [0, 0.1) is 0 Å². The molecule has 1 aliphatic rings. The van der Waals surface area contributed by atoms with Crippen LogP contribution in [0.15, 0.2) is 34.9 Å². The average Bonchev–Trinajstić information content (AvgIpc) is 2.98. The molecule has 0 atom stereocenters. The Balaban J connectivity index is 1.70. The lowest BCUT2D eigenvalue weighted by atomic mass is 10.1. The van der Waals surface area contributed by atoms with Crippen LogP contribution in [-0.4, -0.2) is 28.6 Å². The van der Waals surface area contributed by atoms with Gasteiger partial charge < -0.3 is 9.84 Å². The topological polar surface area (TPSA) is 55.1 Å². The molecule has 6 heteroatoms. The van der Waals surface area contributed by atoms with Crippen molar-refractivity contribution in [2.24, 2.45) is 0 Å². The lowest BCUT2D eigenvalue weighted by Crippen LogP contribution is -2.37. The van der Waals surface area contributed by atoms with Crippen molar-refractivity contribution in [3.63, 3.8) is 0 Å². The Labute approximate surface area is 132 Å². The molecule has 0 unspecified atom stereocenters. The summed E-state index contributed by atoms with van der Waals surface area (Å²) in [5, 5.41) is 7.57. The molecular weight excluding hydrogens is 308 g/mol. The molecule has 0 radical (unpaired) electrons. The maximum absolute atomic E-state index is 12.1. The highest BCUT2D eigenvalue weighted by Crippen LogP contribution is 2.23. The molecular formula is C15H15ClN2O2S. The van der Waals surface area contributed by atoms with E-state index in [2.05, 4.69) is 10.5 Å². The summed E-state index contributed by atoms with van der Waals surface area (Å²) in [5.74, 6) is 2.22. The number of halogens is 1. The van der Waals surface area contributed by atoms with Gasteiger partial charge in [-0.15, -0.1) is 0 Å². The Kier molecular flexibility index (Phi) is 4.51. The third kappa shape index (κ3) is 3.60. The van der Waals surface area contributed by atoms with Crippen molar-refractivity contribution in [1.82, 2.24) is 10.5 Å². The molecule has 2 aromatic rings. The molecule has 1 aromatic heterocycles. The summed E-state index contributed by atoms with van der Waals surface area (Å²) in [7, 11) is 0. The maximum Gasteiger partial charge on any atom is 0.290 e. The second-order valence-corrected chi connectivity index (χ2v) is 6.61. The molecule has 1 fully saturated rings. The number of amides is 1. The van der Waals surface area contributed by atoms with Gasteiger partial charge in [0.1, 0.15) is 5.69 Å². The summed E-state index contributed by atoms with van der Waals surface area (Å²) in [6, 6.07) is 9.19.